The van der Waals surface area contributed by atoms with Crippen molar-refractivity contribution in [2.45, 2.75) is 44.2 Å². The molecular formula is C15H21ClN2O2. The van der Waals surface area contributed by atoms with E-state index in [-0.39, 0.29) is 12.8 Å². The van der Waals surface area contributed by atoms with E-state index in [1.54, 1.807) is 0 Å². The van der Waals surface area contributed by atoms with Crippen LogP contribution in [0.1, 0.15) is 43.7 Å². The molecule has 0 saturated heterocycles. The third-order valence-corrected chi connectivity index (χ3v) is 4.41. The zero-order valence-corrected chi connectivity index (χ0v) is 12.3. The summed E-state index contributed by atoms with van der Waals surface area (Å²) in [5, 5.41) is 4.26. The van der Waals surface area contributed by atoms with Gasteiger partial charge in [-0.15, -0.1) is 0 Å². The zero-order chi connectivity index (χ0) is 13.9. The molecule has 0 amide bonds. The third-order valence-electron chi connectivity index (χ3n) is 4.13. The van der Waals surface area contributed by atoms with Crippen molar-refractivity contribution in [3.63, 3.8) is 0 Å². The molecule has 1 aromatic carbocycles. The predicted octanol–water partition coefficient (Wildman–Crippen LogP) is 2.99. The molecule has 4 nitrogen and oxygen atoms in total. The number of hydrogen-bond acceptors (Lipinski definition) is 4. The lowest BCUT2D eigenvalue weighted by Crippen LogP contribution is -2.37. The summed E-state index contributed by atoms with van der Waals surface area (Å²) in [6.45, 7) is 0.786. The SMILES string of the molecule is NCC(NC1CCCCC1)c1cc(Cl)c2c(c1)OCO2. The molecule has 1 atom stereocenters. The van der Waals surface area contributed by atoms with Gasteiger partial charge >= 0.3 is 0 Å². The Morgan fingerprint density at radius 2 is 2.05 bits per heavy atom. The Morgan fingerprint density at radius 1 is 1.25 bits per heavy atom. The number of nitrogens with one attached hydrogen (secondary N) is 1. The topological polar surface area (TPSA) is 56.5 Å². The molecule has 1 unspecified atom stereocenters. The van der Waals surface area contributed by atoms with Crippen LogP contribution in [0.25, 0.3) is 0 Å². The Labute approximate surface area is 124 Å². The molecule has 3 N–H and O–H groups in total. The summed E-state index contributed by atoms with van der Waals surface area (Å²) in [5.74, 6) is 1.36. The number of rotatable bonds is 4. The van der Waals surface area contributed by atoms with E-state index < -0.39 is 0 Å². The van der Waals surface area contributed by atoms with Crippen LogP contribution in [0, 0.1) is 0 Å². The molecule has 0 aromatic heterocycles. The molecule has 110 valence electrons. The molecule has 20 heavy (non-hydrogen) atoms. The van der Waals surface area contributed by atoms with Gasteiger partial charge in [-0.3, -0.25) is 0 Å². The molecule has 1 aliphatic heterocycles. The maximum Gasteiger partial charge on any atom is 0.231 e. The van der Waals surface area contributed by atoms with E-state index in [0.29, 0.717) is 23.4 Å². The standard InChI is InChI=1S/C15H21ClN2O2/c16-12-6-10(7-14-15(12)20-9-19-14)13(8-17)18-11-4-2-1-3-5-11/h6-7,11,13,18H,1-5,8-9,17H2. The van der Waals surface area contributed by atoms with Crippen LogP contribution in [0.15, 0.2) is 12.1 Å². The smallest absolute Gasteiger partial charge is 0.231 e. The average molecular weight is 297 g/mol. The fourth-order valence-corrected chi connectivity index (χ4v) is 3.32. The summed E-state index contributed by atoms with van der Waals surface area (Å²) >= 11 is 6.25. The maximum absolute atomic E-state index is 6.25. The van der Waals surface area contributed by atoms with Crippen LogP contribution >= 0.6 is 11.6 Å². The van der Waals surface area contributed by atoms with Crippen molar-refractivity contribution in [2.75, 3.05) is 13.3 Å². The number of benzene rings is 1. The predicted molar refractivity (Wildman–Crippen MR) is 79.4 cm³/mol. The summed E-state index contributed by atoms with van der Waals surface area (Å²) in [4.78, 5) is 0. The maximum atomic E-state index is 6.25. The van der Waals surface area contributed by atoms with E-state index in [0.717, 1.165) is 11.3 Å². The third kappa shape index (κ3) is 2.87. The molecule has 0 bridgehead atoms. The molecule has 5 heteroatoms. The van der Waals surface area contributed by atoms with Crippen molar-refractivity contribution in [1.82, 2.24) is 5.32 Å². The minimum absolute atomic E-state index is 0.116. The first-order valence-corrected chi connectivity index (χ1v) is 7.71. The first kappa shape index (κ1) is 14.0. The largest absolute Gasteiger partial charge is 0.454 e. The monoisotopic (exact) mass is 296 g/mol. The second-order valence-electron chi connectivity index (χ2n) is 5.53. The van der Waals surface area contributed by atoms with E-state index in [9.17, 15) is 0 Å². The van der Waals surface area contributed by atoms with Crippen molar-refractivity contribution in [3.8, 4) is 11.5 Å². The fraction of sp³-hybridized carbons (Fsp3) is 0.600. The van der Waals surface area contributed by atoms with Gasteiger partial charge in [0.1, 0.15) is 0 Å². The highest BCUT2D eigenvalue weighted by Gasteiger charge is 2.23. The van der Waals surface area contributed by atoms with E-state index in [1.165, 1.54) is 32.1 Å². The van der Waals surface area contributed by atoms with E-state index in [1.807, 2.05) is 12.1 Å². The Kier molecular flexibility index (Phi) is 4.34. The van der Waals surface area contributed by atoms with Gasteiger partial charge in [-0.25, -0.2) is 0 Å². The van der Waals surface area contributed by atoms with Crippen LogP contribution in [-0.4, -0.2) is 19.4 Å². The lowest BCUT2D eigenvalue weighted by Gasteiger charge is -2.28. The van der Waals surface area contributed by atoms with Gasteiger partial charge in [0.15, 0.2) is 11.5 Å². The van der Waals surface area contributed by atoms with E-state index in [2.05, 4.69) is 5.32 Å². The number of halogens is 1. The molecule has 1 saturated carbocycles. The number of fused-ring (bicyclic) bond motifs is 1. The van der Waals surface area contributed by atoms with Crippen molar-refractivity contribution in [2.24, 2.45) is 5.73 Å². The second-order valence-corrected chi connectivity index (χ2v) is 5.93. The van der Waals surface area contributed by atoms with Gasteiger partial charge in [0.2, 0.25) is 6.79 Å². The summed E-state index contributed by atoms with van der Waals surface area (Å²) in [6.07, 6.45) is 6.42. The lowest BCUT2D eigenvalue weighted by atomic mass is 9.94. The minimum atomic E-state index is 0.116. The van der Waals surface area contributed by atoms with Crippen LogP contribution in [0.4, 0.5) is 0 Å². The van der Waals surface area contributed by atoms with E-state index >= 15 is 0 Å². The van der Waals surface area contributed by atoms with Crippen LogP contribution in [0.5, 0.6) is 11.5 Å². The van der Waals surface area contributed by atoms with Crippen LogP contribution in [-0.2, 0) is 0 Å². The highest BCUT2D eigenvalue weighted by atomic mass is 35.5. The Hall–Kier alpha value is -0.970. The van der Waals surface area contributed by atoms with Crippen molar-refractivity contribution in [3.05, 3.63) is 22.7 Å². The first-order chi connectivity index (χ1) is 9.78. The minimum Gasteiger partial charge on any atom is -0.454 e. The summed E-state index contributed by atoms with van der Waals surface area (Å²) in [7, 11) is 0. The fourth-order valence-electron chi connectivity index (χ4n) is 3.04. The normalized spacial score (nSPS) is 20.1. The van der Waals surface area contributed by atoms with Gasteiger partial charge in [-0.05, 0) is 30.5 Å². The molecule has 1 heterocycles. The van der Waals surface area contributed by atoms with Crippen LogP contribution in [0.3, 0.4) is 0 Å². The number of ether oxygens (including phenoxy) is 2. The van der Waals surface area contributed by atoms with Gasteiger partial charge in [0, 0.05) is 18.6 Å². The van der Waals surface area contributed by atoms with Gasteiger partial charge in [0.25, 0.3) is 0 Å². The van der Waals surface area contributed by atoms with Gasteiger partial charge in [0.05, 0.1) is 5.02 Å². The quantitative estimate of drug-likeness (QED) is 0.897. The van der Waals surface area contributed by atoms with Gasteiger partial charge in [-0.1, -0.05) is 30.9 Å². The highest BCUT2D eigenvalue weighted by Crippen LogP contribution is 2.41. The molecule has 1 aromatic rings. The Morgan fingerprint density at radius 3 is 2.80 bits per heavy atom. The Bertz CT molecular complexity index is 475. The van der Waals surface area contributed by atoms with Gasteiger partial charge < -0.3 is 20.5 Å². The van der Waals surface area contributed by atoms with Crippen molar-refractivity contribution >= 4 is 11.6 Å². The molecule has 1 aliphatic carbocycles. The molecule has 2 aliphatic rings. The summed E-state index contributed by atoms with van der Waals surface area (Å²) in [6, 6.07) is 4.59. The first-order valence-electron chi connectivity index (χ1n) is 7.33. The molecule has 0 spiro atoms. The average Bonchev–Trinajstić information content (AvgIpc) is 2.95. The van der Waals surface area contributed by atoms with Crippen molar-refractivity contribution < 1.29 is 9.47 Å². The molecule has 1 fully saturated rings. The molecule has 0 radical (unpaired) electrons. The van der Waals surface area contributed by atoms with E-state index in [4.69, 9.17) is 26.8 Å². The van der Waals surface area contributed by atoms with Crippen LogP contribution in [0.2, 0.25) is 5.02 Å². The Balaban J connectivity index is 1.76. The summed E-state index contributed by atoms with van der Waals surface area (Å²) in [5.41, 5.74) is 7.02. The zero-order valence-electron chi connectivity index (χ0n) is 11.5. The number of nitrogens with two attached hydrogens (primary N) is 1. The molecular weight excluding hydrogens is 276 g/mol. The molecule has 3 rings (SSSR count). The van der Waals surface area contributed by atoms with Gasteiger partial charge in [-0.2, -0.15) is 0 Å². The van der Waals surface area contributed by atoms with Crippen LogP contribution < -0.4 is 20.5 Å². The lowest BCUT2D eigenvalue weighted by molar-refractivity contribution is 0.174. The number of hydrogen-bond donors (Lipinski definition) is 2. The second kappa shape index (κ2) is 6.20. The van der Waals surface area contributed by atoms with Crippen molar-refractivity contribution in [1.29, 1.82) is 0 Å². The summed E-state index contributed by atoms with van der Waals surface area (Å²) < 4.78 is 10.8. The highest BCUT2D eigenvalue weighted by molar-refractivity contribution is 6.32.